The van der Waals surface area contributed by atoms with E-state index < -0.39 is 0 Å². The van der Waals surface area contributed by atoms with Crippen molar-refractivity contribution >= 4 is 28.8 Å². The third kappa shape index (κ3) is 6.08. The van der Waals surface area contributed by atoms with Gasteiger partial charge in [0.15, 0.2) is 0 Å². The topological polar surface area (TPSA) is 69.6 Å². The molecule has 194 valence electrons. The van der Waals surface area contributed by atoms with Crippen molar-refractivity contribution in [2.24, 2.45) is 0 Å². The lowest BCUT2D eigenvalue weighted by Crippen LogP contribution is -2.52. The number of thiazole rings is 1. The molecule has 0 spiro atoms. The summed E-state index contributed by atoms with van der Waals surface area (Å²) in [7, 11) is 0. The monoisotopic (exact) mass is 517 g/mol. The van der Waals surface area contributed by atoms with Crippen LogP contribution in [0.2, 0.25) is 0 Å². The number of amides is 2. The first kappa shape index (κ1) is 25.5. The molecule has 0 saturated carbocycles. The standard InChI is InChI=1S/C29H35N5O2S/c1-21-31-25(20-37-21)16-29(36)32-17-23-8-3-4-12-28(23)33(22(2)35)15-13-26-10-7-11-27(19-32)34(26)18-24-9-5-6-14-30-24/h3-6,8-9,12,14,20,26-27H,7,10-11,13,15-19H2,1-2H3. The van der Waals surface area contributed by atoms with Gasteiger partial charge in [-0.15, -0.1) is 11.3 Å². The molecule has 0 radical (unpaired) electrons. The minimum atomic E-state index is 0.0335. The zero-order valence-electron chi connectivity index (χ0n) is 21.7. The molecular formula is C29H35N5O2S. The summed E-state index contributed by atoms with van der Waals surface area (Å²) >= 11 is 1.58. The molecular weight excluding hydrogens is 482 g/mol. The maximum absolute atomic E-state index is 13.8. The predicted octanol–water partition coefficient (Wildman–Crippen LogP) is 4.60. The van der Waals surface area contributed by atoms with Crippen molar-refractivity contribution in [3.63, 3.8) is 0 Å². The van der Waals surface area contributed by atoms with Crippen LogP contribution >= 0.6 is 11.3 Å². The summed E-state index contributed by atoms with van der Waals surface area (Å²) in [6, 6.07) is 14.6. The Balaban J connectivity index is 1.51. The molecule has 1 fully saturated rings. The van der Waals surface area contributed by atoms with E-state index in [9.17, 15) is 9.59 Å². The van der Waals surface area contributed by atoms with Crippen LogP contribution in [-0.2, 0) is 29.1 Å². The summed E-state index contributed by atoms with van der Waals surface area (Å²) in [5.41, 5.74) is 3.78. The van der Waals surface area contributed by atoms with Crippen LogP contribution in [0.1, 0.15) is 54.6 Å². The van der Waals surface area contributed by atoms with Crippen molar-refractivity contribution in [3.05, 3.63) is 76.0 Å². The second-order valence-corrected chi connectivity index (χ2v) is 11.2. The Bertz CT molecular complexity index is 1230. The predicted molar refractivity (Wildman–Crippen MR) is 146 cm³/mol. The van der Waals surface area contributed by atoms with E-state index in [1.54, 1.807) is 18.3 Å². The first-order chi connectivity index (χ1) is 18.0. The third-order valence-corrected chi connectivity index (χ3v) is 8.40. The van der Waals surface area contributed by atoms with Crippen LogP contribution in [0.4, 0.5) is 5.69 Å². The number of hydrogen-bond donors (Lipinski definition) is 0. The van der Waals surface area contributed by atoms with Crippen molar-refractivity contribution in [1.29, 1.82) is 0 Å². The zero-order chi connectivity index (χ0) is 25.8. The fourth-order valence-corrected chi connectivity index (χ4v) is 6.38. The summed E-state index contributed by atoms with van der Waals surface area (Å²) < 4.78 is 0. The van der Waals surface area contributed by atoms with Crippen molar-refractivity contribution in [2.75, 3.05) is 18.0 Å². The van der Waals surface area contributed by atoms with Gasteiger partial charge in [-0.2, -0.15) is 0 Å². The van der Waals surface area contributed by atoms with Gasteiger partial charge in [0.25, 0.3) is 0 Å². The maximum Gasteiger partial charge on any atom is 0.228 e. The van der Waals surface area contributed by atoms with Gasteiger partial charge in [0.05, 0.1) is 22.8 Å². The van der Waals surface area contributed by atoms with Crippen molar-refractivity contribution < 1.29 is 9.59 Å². The molecule has 0 N–H and O–H groups in total. The largest absolute Gasteiger partial charge is 0.336 e. The second-order valence-electron chi connectivity index (χ2n) is 10.1. The molecule has 2 bridgehead atoms. The van der Waals surface area contributed by atoms with Gasteiger partial charge in [-0.3, -0.25) is 19.5 Å². The highest BCUT2D eigenvalue weighted by atomic mass is 32.1. The second kappa shape index (κ2) is 11.5. The Kier molecular flexibility index (Phi) is 7.96. The van der Waals surface area contributed by atoms with E-state index >= 15 is 0 Å². The molecule has 5 rings (SSSR count). The number of piperidine rings is 1. The number of rotatable bonds is 4. The molecule has 2 aliphatic heterocycles. The minimum absolute atomic E-state index is 0.0335. The van der Waals surface area contributed by atoms with Gasteiger partial charge in [-0.1, -0.05) is 30.7 Å². The number of anilines is 1. The Morgan fingerprint density at radius 1 is 1.03 bits per heavy atom. The highest BCUT2D eigenvalue weighted by molar-refractivity contribution is 7.09. The molecule has 37 heavy (non-hydrogen) atoms. The number of carbonyl (C=O) groups excluding carboxylic acids is 2. The maximum atomic E-state index is 13.8. The number of benzene rings is 1. The van der Waals surface area contributed by atoms with Crippen LogP contribution < -0.4 is 4.90 Å². The Morgan fingerprint density at radius 2 is 1.84 bits per heavy atom. The lowest BCUT2D eigenvalue weighted by Gasteiger charge is -2.44. The first-order valence-corrected chi connectivity index (χ1v) is 14.1. The molecule has 2 unspecified atom stereocenters. The molecule has 4 heterocycles. The summed E-state index contributed by atoms with van der Waals surface area (Å²) in [6.07, 6.45) is 6.28. The average molecular weight is 518 g/mol. The molecule has 8 heteroatoms. The van der Waals surface area contributed by atoms with Crippen LogP contribution in [0.3, 0.4) is 0 Å². The normalized spacial score (nSPS) is 20.7. The number of hydrogen-bond acceptors (Lipinski definition) is 6. The summed E-state index contributed by atoms with van der Waals surface area (Å²) in [4.78, 5) is 42.2. The molecule has 1 aromatic carbocycles. The zero-order valence-corrected chi connectivity index (χ0v) is 22.5. The van der Waals surface area contributed by atoms with E-state index in [1.807, 2.05) is 64.7 Å². The van der Waals surface area contributed by atoms with E-state index in [0.29, 0.717) is 32.1 Å². The van der Waals surface area contributed by atoms with E-state index in [2.05, 4.69) is 20.9 Å². The Morgan fingerprint density at radius 3 is 2.59 bits per heavy atom. The van der Waals surface area contributed by atoms with E-state index in [-0.39, 0.29) is 17.9 Å². The number of fused-ring (bicyclic) bond motifs is 3. The highest BCUT2D eigenvalue weighted by Crippen LogP contribution is 2.31. The number of aryl methyl sites for hydroxylation is 1. The van der Waals surface area contributed by atoms with Gasteiger partial charge in [-0.25, -0.2) is 4.98 Å². The van der Waals surface area contributed by atoms with Crippen LogP contribution in [-0.4, -0.2) is 56.8 Å². The molecule has 2 aromatic heterocycles. The molecule has 2 amide bonds. The molecule has 3 aromatic rings. The van der Waals surface area contributed by atoms with Gasteiger partial charge in [0.1, 0.15) is 0 Å². The highest BCUT2D eigenvalue weighted by Gasteiger charge is 2.34. The van der Waals surface area contributed by atoms with Crippen molar-refractivity contribution in [1.82, 2.24) is 19.8 Å². The number of pyridine rings is 1. The molecule has 2 aliphatic rings. The first-order valence-electron chi connectivity index (χ1n) is 13.2. The van der Waals surface area contributed by atoms with E-state index in [1.165, 1.54) is 0 Å². The SMILES string of the molecule is CC(=O)N1CCC2CCCC(CN(C(=O)Cc3csc(C)n3)Cc3ccccc31)N2Cc1ccccn1. The minimum Gasteiger partial charge on any atom is -0.336 e. The van der Waals surface area contributed by atoms with E-state index in [0.717, 1.165) is 59.9 Å². The Hall–Kier alpha value is -3.10. The van der Waals surface area contributed by atoms with Crippen molar-refractivity contribution in [2.45, 2.75) is 71.1 Å². The number of carbonyl (C=O) groups is 2. The fourth-order valence-electron chi connectivity index (χ4n) is 5.77. The van der Waals surface area contributed by atoms with E-state index in [4.69, 9.17) is 0 Å². The van der Waals surface area contributed by atoms with Gasteiger partial charge < -0.3 is 9.80 Å². The number of para-hydroxylation sites is 1. The molecule has 1 saturated heterocycles. The fraction of sp³-hybridized carbons (Fsp3) is 0.448. The van der Waals surface area contributed by atoms with Crippen molar-refractivity contribution in [3.8, 4) is 0 Å². The third-order valence-electron chi connectivity index (χ3n) is 7.58. The number of nitrogens with zero attached hydrogens (tertiary/aromatic N) is 5. The Labute approximate surface area is 223 Å². The lowest BCUT2D eigenvalue weighted by molar-refractivity contribution is -0.132. The van der Waals surface area contributed by atoms with Gasteiger partial charge in [-0.05, 0) is 49.9 Å². The number of aromatic nitrogens is 2. The summed E-state index contributed by atoms with van der Waals surface area (Å²) in [5.74, 6) is 0.111. The smallest absolute Gasteiger partial charge is 0.228 e. The van der Waals surface area contributed by atoms with Gasteiger partial charge in [0.2, 0.25) is 11.8 Å². The quantitative estimate of drug-likeness (QED) is 0.506. The molecule has 2 atom stereocenters. The molecule has 0 aliphatic carbocycles. The van der Waals surface area contributed by atoms with Gasteiger partial charge >= 0.3 is 0 Å². The molecule has 7 nitrogen and oxygen atoms in total. The van der Waals surface area contributed by atoms with Gasteiger partial charge in [0, 0.05) is 62.5 Å². The lowest BCUT2D eigenvalue weighted by atomic mass is 9.92. The average Bonchev–Trinajstić information content (AvgIpc) is 3.30. The van der Waals surface area contributed by atoms with Crippen LogP contribution in [0.5, 0.6) is 0 Å². The van der Waals surface area contributed by atoms with Crippen LogP contribution in [0.15, 0.2) is 54.0 Å². The summed E-state index contributed by atoms with van der Waals surface area (Å²) in [5, 5.41) is 2.95. The van der Waals surface area contributed by atoms with Crippen LogP contribution in [0, 0.1) is 6.92 Å². The summed E-state index contributed by atoms with van der Waals surface area (Å²) in [6.45, 7) is 6.14. The van der Waals surface area contributed by atoms with Crippen LogP contribution in [0.25, 0.3) is 0 Å².